The Morgan fingerprint density at radius 2 is 1.34 bits per heavy atom. The lowest BCUT2D eigenvalue weighted by Gasteiger charge is -2.08. The number of carboxylic acids is 1. The molecule has 166 valence electrons. The maximum absolute atomic E-state index is 11.6. The number of aryl methyl sites for hydroxylation is 3. The molecule has 0 bridgehead atoms. The molecule has 0 saturated carbocycles. The van der Waals surface area contributed by atoms with Crippen molar-refractivity contribution in [3.05, 3.63) is 95.1 Å². The van der Waals surface area contributed by atoms with Gasteiger partial charge in [0.1, 0.15) is 6.61 Å². The van der Waals surface area contributed by atoms with E-state index in [1.165, 1.54) is 27.8 Å². The molecule has 0 aliphatic carbocycles. The number of esters is 1. The molecular formula is C28H30O4. The molecule has 4 heteroatoms. The summed E-state index contributed by atoms with van der Waals surface area (Å²) in [5, 5.41) is 8.62. The lowest BCUT2D eigenvalue weighted by atomic mass is 9.99. The molecule has 4 nitrogen and oxygen atoms in total. The van der Waals surface area contributed by atoms with E-state index >= 15 is 0 Å². The van der Waals surface area contributed by atoms with Gasteiger partial charge in [0.25, 0.3) is 0 Å². The number of benzene rings is 3. The second-order valence-corrected chi connectivity index (χ2v) is 7.98. The quantitative estimate of drug-likeness (QED) is 0.379. The van der Waals surface area contributed by atoms with Crippen LogP contribution in [0.15, 0.2) is 72.8 Å². The lowest BCUT2D eigenvalue weighted by Crippen LogP contribution is -2.07. The summed E-state index contributed by atoms with van der Waals surface area (Å²) in [7, 11) is 0. The molecule has 0 saturated heterocycles. The third-order valence-electron chi connectivity index (χ3n) is 5.51. The van der Waals surface area contributed by atoms with Gasteiger partial charge in [-0.25, -0.2) is 0 Å². The van der Waals surface area contributed by atoms with Crippen molar-refractivity contribution in [1.29, 1.82) is 0 Å². The van der Waals surface area contributed by atoms with Crippen molar-refractivity contribution < 1.29 is 19.4 Å². The summed E-state index contributed by atoms with van der Waals surface area (Å²) >= 11 is 0. The predicted octanol–water partition coefficient (Wildman–Crippen LogP) is 6.00. The first-order chi connectivity index (χ1) is 15.5. The molecular weight excluding hydrogens is 400 g/mol. The minimum Gasteiger partial charge on any atom is -0.481 e. The molecule has 0 unspecified atom stereocenters. The molecule has 0 aliphatic heterocycles. The molecule has 1 N–H and O–H groups in total. The van der Waals surface area contributed by atoms with Crippen molar-refractivity contribution in [3.63, 3.8) is 0 Å². The predicted molar refractivity (Wildman–Crippen MR) is 126 cm³/mol. The third kappa shape index (κ3) is 7.38. The maximum atomic E-state index is 11.6. The number of rotatable bonds is 11. The van der Waals surface area contributed by atoms with Gasteiger partial charge in [0.15, 0.2) is 0 Å². The molecule has 0 atom stereocenters. The van der Waals surface area contributed by atoms with E-state index in [-0.39, 0.29) is 19.4 Å². The molecule has 0 radical (unpaired) electrons. The zero-order valence-electron chi connectivity index (χ0n) is 18.5. The normalized spacial score (nSPS) is 10.7. The highest BCUT2D eigenvalue weighted by molar-refractivity contribution is 5.76. The number of hydrogen-bond donors (Lipinski definition) is 1. The van der Waals surface area contributed by atoms with E-state index in [2.05, 4.69) is 61.5 Å². The number of carbonyl (C=O) groups excluding carboxylic acids is 1. The van der Waals surface area contributed by atoms with Crippen LogP contribution in [-0.2, 0) is 40.2 Å². The van der Waals surface area contributed by atoms with Gasteiger partial charge in [-0.3, -0.25) is 9.59 Å². The van der Waals surface area contributed by atoms with Crippen LogP contribution in [0.5, 0.6) is 0 Å². The number of carbonyl (C=O) groups is 2. The third-order valence-corrected chi connectivity index (χ3v) is 5.51. The van der Waals surface area contributed by atoms with Crippen LogP contribution in [0.25, 0.3) is 11.1 Å². The zero-order valence-corrected chi connectivity index (χ0v) is 18.5. The van der Waals surface area contributed by atoms with Crippen LogP contribution in [0.2, 0.25) is 0 Å². The van der Waals surface area contributed by atoms with Crippen LogP contribution in [-0.4, -0.2) is 17.0 Å². The van der Waals surface area contributed by atoms with E-state index in [0.29, 0.717) is 0 Å². The van der Waals surface area contributed by atoms with Crippen molar-refractivity contribution >= 4 is 11.9 Å². The van der Waals surface area contributed by atoms with Gasteiger partial charge in [-0.2, -0.15) is 0 Å². The minimum absolute atomic E-state index is 0.0993. The molecule has 0 aliphatic rings. The van der Waals surface area contributed by atoms with Crippen LogP contribution < -0.4 is 0 Å². The van der Waals surface area contributed by atoms with Gasteiger partial charge in [-0.15, -0.1) is 0 Å². The minimum atomic E-state index is -0.996. The molecule has 0 amide bonds. The van der Waals surface area contributed by atoms with E-state index in [0.717, 1.165) is 31.2 Å². The van der Waals surface area contributed by atoms with E-state index in [4.69, 9.17) is 9.84 Å². The fourth-order valence-electron chi connectivity index (χ4n) is 3.61. The second kappa shape index (κ2) is 11.8. The highest BCUT2D eigenvalue weighted by Gasteiger charge is 2.07. The lowest BCUT2D eigenvalue weighted by molar-refractivity contribution is -0.148. The van der Waals surface area contributed by atoms with E-state index in [1.54, 1.807) is 0 Å². The van der Waals surface area contributed by atoms with Gasteiger partial charge in [0, 0.05) is 0 Å². The second-order valence-electron chi connectivity index (χ2n) is 7.98. The summed E-state index contributed by atoms with van der Waals surface area (Å²) in [5.74, 6) is -1.48. The average molecular weight is 431 g/mol. The fourth-order valence-corrected chi connectivity index (χ4v) is 3.61. The molecule has 32 heavy (non-hydrogen) atoms. The molecule has 0 fully saturated rings. The number of aliphatic carboxylic acids is 1. The van der Waals surface area contributed by atoms with Crippen LogP contribution in [0, 0.1) is 0 Å². The molecule has 3 rings (SSSR count). The standard InChI is InChI=1S/C28H30O4/c1-2-21-9-13-25(14-10-21)26-15-11-22(12-16-26)5-3-6-23-7-4-8-24(19-23)20-32-28(31)18-17-27(29)30/h4,7-16,19H,2-3,5-6,17-18,20H2,1H3,(H,29,30). The van der Waals surface area contributed by atoms with Crippen LogP contribution >= 0.6 is 0 Å². The van der Waals surface area contributed by atoms with Crippen LogP contribution in [0.4, 0.5) is 0 Å². The zero-order chi connectivity index (χ0) is 22.8. The van der Waals surface area contributed by atoms with Gasteiger partial charge >= 0.3 is 11.9 Å². The average Bonchev–Trinajstić information content (AvgIpc) is 2.82. The molecule has 3 aromatic carbocycles. The topological polar surface area (TPSA) is 63.6 Å². The van der Waals surface area contributed by atoms with Gasteiger partial charge < -0.3 is 9.84 Å². The van der Waals surface area contributed by atoms with E-state index in [1.807, 2.05) is 18.2 Å². The summed E-state index contributed by atoms with van der Waals surface area (Å²) < 4.78 is 5.17. The summed E-state index contributed by atoms with van der Waals surface area (Å²) in [6.07, 6.45) is 3.74. The Labute approximate surface area is 189 Å². The van der Waals surface area contributed by atoms with E-state index < -0.39 is 11.9 Å². The Bertz CT molecular complexity index is 1020. The van der Waals surface area contributed by atoms with Gasteiger partial charge in [0.05, 0.1) is 12.8 Å². The first-order valence-corrected chi connectivity index (χ1v) is 11.2. The smallest absolute Gasteiger partial charge is 0.306 e. The Kier molecular flexibility index (Phi) is 8.61. The highest BCUT2D eigenvalue weighted by atomic mass is 16.5. The van der Waals surface area contributed by atoms with E-state index in [9.17, 15) is 9.59 Å². The van der Waals surface area contributed by atoms with Crippen molar-refractivity contribution in [2.75, 3.05) is 0 Å². The summed E-state index contributed by atoms with van der Waals surface area (Å²) in [6.45, 7) is 2.34. The van der Waals surface area contributed by atoms with Crippen molar-refractivity contribution in [3.8, 4) is 11.1 Å². The Morgan fingerprint density at radius 3 is 1.97 bits per heavy atom. The number of carboxylic acid groups (broad SMARTS) is 1. The highest BCUT2D eigenvalue weighted by Crippen LogP contribution is 2.21. The van der Waals surface area contributed by atoms with Gasteiger partial charge in [0.2, 0.25) is 0 Å². The maximum Gasteiger partial charge on any atom is 0.306 e. The Hall–Kier alpha value is -3.40. The number of hydrogen-bond acceptors (Lipinski definition) is 3. The Balaban J connectivity index is 1.46. The van der Waals surface area contributed by atoms with Crippen molar-refractivity contribution in [2.45, 2.75) is 52.1 Å². The molecule has 0 spiro atoms. The monoisotopic (exact) mass is 430 g/mol. The molecule has 0 aromatic heterocycles. The summed E-state index contributed by atoms with van der Waals surface area (Å²) in [6, 6.07) is 25.6. The molecule has 3 aromatic rings. The van der Waals surface area contributed by atoms with Crippen molar-refractivity contribution in [2.24, 2.45) is 0 Å². The van der Waals surface area contributed by atoms with Gasteiger partial charge in [-0.05, 0) is 59.1 Å². The van der Waals surface area contributed by atoms with Crippen LogP contribution in [0.1, 0.15) is 48.4 Å². The van der Waals surface area contributed by atoms with Crippen molar-refractivity contribution in [1.82, 2.24) is 0 Å². The van der Waals surface area contributed by atoms with Crippen LogP contribution in [0.3, 0.4) is 0 Å². The Morgan fingerprint density at radius 1 is 0.750 bits per heavy atom. The first-order valence-electron chi connectivity index (χ1n) is 11.2. The van der Waals surface area contributed by atoms with Gasteiger partial charge in [-0.1, -0.05) is 79.7 Å². The largest absolute Gasteiger partial charge is 0.481 e. The summed E-state index contributed by atoms with van der Waals surface area (Å²) in [5.41, 5.74) is 7.28. The SMILES string of the molecule is CCc1ccc(-c2ccc(CCCc3cccc(COC(=O)CCC(=O)O)c3)cc2)cc1. The number of ether oxygens (including phenoxy) is 1. The summed E-state index contributed by atoms with van der Waals surface area (Å²) in [4.78, 5) is 22.1. The molecule has 0 heterocycles. The fraction of sp³-hybridized carbons (Fsp3) is 0.286. The first kappa shape index (κ1) is 23.3.